The first kappa shape index (κ1) is 15.5. The summed E-state index contributed by atoms with van der Waals surface area (Å²) in [6.07, 6.45) is 1.07. The highest BCUT2D eigenvalue weighted by atomic mass is 16.6. The molecule has 128 valence electrons. The Morgan fingerprint density at radius 1 is 1.04 bits per heavy atom. The molecule has 0 radical (unpaired) electrons. The van der Waals surface area contributed by atoms with Gasteiger partial charge in [-0.05, 0) is 17.7 Å². The molecule has 0 fully saturated rings. The SMILES string of the molecule is O=C(Nc1ccc2c(c1)OCCCO2)C1=NOC(c2ccccc2)C1. The van der Waals surface area contributed by atoms with E-state index in [1.54, 1.807) is 18.2 Å². The Labute approximate surface area is 145 Å². The van der Waals surface area contributed by atoms with E-state index in [2.05, 4.69) is 10.5 Å². The zero-order valence-electron chi connectivity index (χ0n) is 13.6. The first-order chi connectivity index (χ1) is 12.3. The van der Waals surface area contributed by atoms with Crippen LogP contribution >= 0.6 is 0 Å². The predicted molar refractivity (Wildman–Crippen MR) is 93.0 cm³/mol. The summed E-state index contributed by atoms with van der Waals surface area (Å²) in [6.45, 7) is 1.23. The van der Waals surface area contributed by atoms with Crippen LogP contribution in [0.2, 0.25) is 0 Å². The van der Waals surface area contributed by atoms with Gasteiger partial charge in [-0.3, -0.25) is 4.79 Å². The molecule has 2 aliphatic rings. The number of nitrogens with one attached hydrogen (secondary N) is 1. The van der Waals surface area contributed by atoms with E-state index in [0.29, 0.717) is 42.5 Å². The van der Waals surface area contributed by atoms with Crippen LogP contribution in [0.15, 0.2) is 53.7 Å². The lowest BCUT2D eigenvalue weighted by atomic mass is 10.0. The lowest BCUT2D eigenvalue weighted by Crippen LogP contribution is -2.21. The van der Waals surface area contributed by atoms with Gasteiger partial charge in [0, 0.05) is 24.6 Å². The summed E-state index contributed by atoms with van der Waals surface area (Å²) < 4.78 is 11.2. The predicted octanol–water partition coefficient (Wildman–Crippen LogP) is 3.30. The van der Waals surface area contributed by atoms with E-state index < -0.39 is 0 Å². The molecule has 1 N–H and O–H groups in total. The normalized spacial score (nSPS) is 18.7. The van der Waals surface area contributed by atoms with Crippen molar-refractivity contribution in [3.63, 3.8) is 0 Å². The Hall–Kier alpha value is -3.02. The van der Waals surface area contributed by atoms with Gasteiger partial charge in [0.2, 0.25) is 0 Å². The molecule has 4 rings (SSSR count). The van der Waals surface area contributed by atoms with Gasteiger partial charge in [0.1, 0.15) is 5.71 Å². The van der Waals surface area contributed by atoms with E-state index in [4.69, 9.17) is 14.3 Å². The highest BCUT2D eigenvalue weighted by molar-refractivity contribution is 6.43. The van der Waals surface area contributed by atoms with E-state index in [-0.39, 0.29) is 12.0 Å². The van der Waals surface area contributed by atoms with E-state index in [1.165, 1.54) is 0 Å². The molecular weight excluding hydrogens is 320 g/mol. The molecule has 0 saturated carbocycles. The molecule has 0 saturated heterocycles. The van der Waals surface area contributed by atoms with Crippen molar-refractivity contribution >= 4 is 17.3 Å². The third-order valence-corrected chi connectivity index (χ3v) is 4.11. The molecule has 6 nitrogen and oxygen atoms in total. The number of amides is 1. The van der Waals surface area contributed by atoms with Crippen LogP contribution in [-0.2, 0) is 9.63 Å². The zero-order chi connectivity index (χ0) is 17.1. The number of hydrogen-bond acceptors (Lipinski definition) is 5. The number of fused-ring (bicyclic) bond motifs is 1. The van der Waals surface area contributed by atoms with Crippen LogP contribution in [0.3, 0.4) is 0 Å². The van der Waals surface area contributed by atoms with E-state index in [0.717, 1.165) is 12.0 Å². The highest BCUT2D eigenvalue weighted by Crippen LogP contribution is 2.33. The van der Waals surface area contributed by atoms with Gasteiger partial charge in [-0.1, -0.05) is 35.5 Å². The monoisotopic (exact) mass is 338 g/mol. The number of rotatable bonds is 3. The Balaban J connectivity index is 1.42. The van der Waals surface area contributed by atoms with Crippen molar-refractivity contribution < 1.29 is 19.1 Å². The molecule has 1 unspecified atom stereocenters. The molecule has 2 aliphatic heterocycles. The molecule has 2 heterocycles. The zero-order valence-corrected chi connectivity index (χ0v) is 13.6. The molecule has 0 spiro atoms. The minimum atomic E-state index is -0.270. The molecule has 1 amide bonds. The van der Waals surface area contributed by atoms with Crippen LogP contribution in [0.25, 0.3) is 0 Å². The molecule has 0 bridgehead atoms. The van der Waals surface area contributed by atoms with Gasteiger partial charge < -0.3 is 19.6 Å². The van der Waals surface area contributed by atoms with Crippen molar-refractivity contribution in [3.8, 4) is 11.5 Å². The summed E-state index contributed by atoms with van der Waals surface area (Å²) in [6, 6.07) is 15.1. The van der Waals surface area contributed by atoms with Gasteiger partial charge in [-0.2, -0.15) is 0 Å². The fourth-order valence-electron chi connectivity index (χ4n) is 2.80. The van der Waals surface area contributed by atoms with Crippen LogP contribution in [-0.4, -0.2) is 24.8 Å². The van der Waals surface area contributed by atoms with E-state index in [9.17, 15) is 4.79 Å². The molecule has 0 aromatic heterocycles. The second kappa shape index (κ2) is 6.84. The number of carbonyl (C=O) groups is 1. The largest absolute Gasteiger partial charge is 0.490 e. The summed E-state index contributed by atoms with van der Waals surface area (Å²) in [7, 11) is 0. The van der Waals surface area contributed by atoms with Gasteiger partial charge in [0.05, 0.1) is 13.2 Å². The summed E-state index contributed by atoms with van der Waals surface area (Å²) in [5.41, 5.74) is 2.02. The number of hydrogen-bond donors (Lipinski definition) is 1. The Bertz CT molecular complexity index is 804. The molecule has 0 aliphatic carbocycles. The van der Waals surface area contributed by atoms with Gasteiger partial charge in [0.25, 0.3) is 5.91 Å². The number of benzene rings is 2. The molecule has 25 heavy (non-hydrogen) atoms. The van der Waals surface area contributed by atoms with Crippen molar-refractivity contribution in [1.29, 1.82) is 0 Å². The van der Waals surface area contributed by atoms with Crippen molar-refractivity contribution in [2.24, 2.45) is 5.16 Å². The molecule has 1 atom stereocenters. The summed E-state index contributed by atoms with van der Waals surface area (Å²) >= 11 is 0. The van der Waals surface area contributed by atoms with Crippen molar-refractivity contribution in [2.75, 3.05) is 18.5 Å². The number of anilines is 1. The molecule has 2 aromatic carbocycles. The number of oxime groups is 1. The van der Waals surface area contributed by atoms with Gasteiger partial charge in [-0.15, -0.1) is 0 Å². The molecule has 2 aromatic rings. The van der Waals surface area contributed by atoms with E-state index >= 15 is 0 Å². The maximum Gasteiger partial charge on any atom is 0.273 e. The van der Waals surface area contributed by atoms with Crippen molar-refractivity contribution in [3.05, 3.63) is 54.1 Å². The van der Waals surface area contributed by atoms with Crippen LogP contribution in [0.1, 0.15) is 24.5 Å². The third kappa shape index (κ3) is 3.42. The average molecular weight is 338 g/mol. The highest BCUT2D eigenvalue weighted by Gasteiger charge is 2.27. The smallest absolute Gasteiger partial charge is 0.273 e. The first-order valence-electron chi connectivity index (χ1n) is 8.28. The van der Waals surface area contributed by atoms with Gasteiger partial charge in [0.15, 0.2) is 17.6 Å². The topological polar surface area (TPSA) is 69.2 Å². The van der Waals surface area contributed by atoms with Crippen molar-refractivity contribution in [2.45, 2.75) is 18.9 Å². The van der Waals surface area contributed by atoms with Crippen LogP contribution in [0.5, 0.6) is 11.5 Å². The minimum absolute atomic E-state index is 0.217. The summed E-state index contributed by atoms with van der Waals surface area (Å²) in [5.74, 6) is 1.07. The summed E-state index contributed by atoms with van der Waals surface area (Å²) in [5, 5.41) is 6.78. The Morgan fingerprint density at radius 2 is 1.84 bits per heavy atom. The van der Waals surface area contributed by atoms with Gasteiger partial charge in [-0.25, -0.2) is 0 Å². The first-order valence-corrected chi connectivity index (χ1v) is 8.28. The third-order valence-electron chi connectivity index (χ3n) is 4.11. The second-order valence-corrected chi connectivity index (χ2v) is 5.91. The minimum Gasteiger partial charge on any atom is -0.490 e. The maximum absolute atomic E-state index is 12.4. The molecular formula is C19H18N2O4. The van der Waals surface area contributed by atoms with Crippen LogP contribution in [0.4, 0.5) is 5.69 Å². The van der Waals surface area contributed by atoms with Crippen LogP contribution < -0.4 is 14.8 Å². The maximum atomic E-state index is 12.4. The number of carbonyl (C=O) groups excluding carboxylic acids is 1. The fraction of sp³-hybridized carbons (Fsp3) is 0.263. The standard InChI is InChI=1S/C19H18N2O4/c22-19(15-12-17(25-21-15)13-5-2-1-3-6-13)20-14-7-8-16-18(11-14)24-10-4-9-23-16/h1-3,5-8,11,17H,4,9-10,12H2,(H,20,22). The van der Waals surface area contributed by atoms with Crippen molar-refractivity contribution in [1.82, 2.24) is 0 Å². The summed E-state index contributed by atoms with van der Waals surface area (Å²) in [4.78, 5) is 17.8. The van der Waals surface area contributed by atoms with Gasteiger partial charge >= 0.3 is 0 Å². The molecule has 6 heteroatoms. The lowest BCUT2D eigenvalue weighted by Gasteiger charge is -2.10. The average Bonchev–Trinajstić information content (AvgIpc) is 3.03. The quantitative estimate of drug-likeness (QED) is 0.932. The lowest BCUT2D eigenvalue weighted by molar-refractivity contribution is -0.110. The van der Waals surface area contributed by atoms with E-state index in [1.807, 2.05) is 30.3 Å². The second-order valence-electron chi connectivity index (χ2n) is 5.91. The fourth-order valence-corrected chi connectivity index (χ4v) is 2.80. The number of nitrogens with zero attached hydrogens (tertiary/aromatic N) is 1. The Morgan fingerprint density at radius 3 is 2.68 bits per heavy atom. The Kier molecular flexibility index (Phi) is 4.24. The van der Waals surface area contributed by atoms with Crippen LogP contribution in [0, 0.1) is 0 Å². The number of ether oxygens (including phenoxy) is 2.